The van der Waals surface area contributed by atoms with Gasteiger partial charge in [0.05, 0.1) is 0 Å². The van der Waals surface area contributed by atoms with Crippen LogP contribution in [-0.2, 0) is 13.1 Å². The molecule has 2 aromatic carbocycles. The first-order valence-corrected chi connectivity index (χ1v) is 11.5. The van der Waals surface area contributed by atoms with E-state index in [2.05, 4.69) is 79.4 Å². The van der Waals surface area contributed by atoms with Crippen LogP contribution in [0.3, 0.4) is 0 Å². The molecule has 0 fully saturated rings. The van der Waals surface area contributed by atoms with Crippen LogP contribution in [0.15, 0.2) is 60.7 Å². The second-order valence-corrected chi connectivity index (χ2v) is 8.69. The third-order valence-electron chi connectivity index (χ3n) is 5.50. The van der Waals surface area contributed by atoms with Crippen molar-refractivity contribution in [2.75, 3.05) is 6.54 Å². The number of rotatable bonds is 15. The van der Waals surface area contributed by atoms with Gasteiger partial charge in [0.1, 0.15) is 0 Å². The van der Waals surface area contributed by atoms with Crippen LogP contribution in [0, 0.1) is 5.92 Å². The molecule has 0 atom stereocenters. The lowest BCUT2D eigenvalue weighted by Gasteiger charge is -2.22. The van der Waals surface area contributed by atoms with E-state index in [0.717, 1.165) is 19.0 Å². The van der Waals surface area contributed by atoms with Gasteiger partial charge in [0, 0.05) is 13.1 Å². The minimum Gasteiger partial charge on any atom is -0.295 e. The fraction of sp³-hybridized carbons (Fsp3) is 0.556. The molecule has 28 heavy (non-hydrogen) atoms. The summed E-state index contributed by atoms with van der Waals surface area (Å²) in [5.74, 6) is 0.870. The van der Waals surface area contributed by atoms with Gasteiger partial charge in [-0.15, -0.1) is 0 Å². The first-order chi connectivity index (χ1) is 13.7. The highest BCUT2D eigenvalue weighted by molar-refractivity contribution is 5.17. The van der Waals surface area contributed by atoms with Gasteiger partial charge < -0.3 is 0 Å². The molecule has 0 unspecified atom stereocenters. The Morgan fingerprint density at radius 3 is 1.46 bits per heavy atom. The Morgan fingerprint density at radius 2 is 1.00 bits per heavy atom. The largest absolute Gasteiger partial charge is 0.295 e. The summed E-state index contributed by atoms with van der Waals surface area (Å²) < 4.78 is 0. The monoisotopic (exact) mass is 379 g/mol. The van der Waals surface area contributed by atoms with E-state index in [1.165, 1.54) is 75.5 Å². The van der Waals surface area contributed by atoms with Gasteiger partial charge in [0.2, 0.25) is 0 Å². The summed E-state index contributed by atoms with van der Waals surface area (Å²) in [6.07, 6.45) is 12.6. The molecular formula is C27H41N. The molecule has 1 heteroatoms. The average Bonchev–Trinajstić information content (AvgIpc) is 2.70. The molecule has 0 spiro atoms. The molecule has 0 aliphatic heterocycles. The Labute approximate surface area is 174 Å². The molecule has 1 nitrogen and oxygen atoms in total. The van der Waals surface area contributed by atoms with E-state index in [1.807, 2.05) is 0 Å². The third-order valence-corrected chi connectivity index (χ3v) is 5.50. The molecule has 154 valence electrons. The topological polar surface area (TPSA) is 3.24 Å². The van der Waals surface area contributed by atoms with E-state index in [4.69, 9.17) is 0 Å². The zero-order valence-electron chi connectivity index (χ0n) is 18.3. The second-order valence-electron chi connectivity index (χ2n) is 8.69. The number of nitrogens with zero attached hydrogens (tertiary/aromatic N) is 1. The smallest absolute Gasteiger partial charge is 0.0237 e. The first kappa shape index (κ1) is 22.7. The lowest BCUT2D eigenvalue weighted by Crippen LogP contribution is -2.24. The second kappa shape index (κ2) is 14.4. The van der Waals surface area contributed by atoms with Gasteiger partial charge >= 0.3 is 0 Å². The summed E-state index contributed by atoms with van der Waals surface area (Å²) in [5, 5.41) is 0. The van der Waals surface area contributed by atoms with Crippen molar-refractivity contribution in [2.24, 2.45) is 5.92 Å². The van der Waals surface area contributed by atoms with E-state index in [1.54, 1.807) is 0 Å². The fourth-order valence-electron chi connectivity index (χ4n) is 3.85. The van der Waals surface area contributed by atoms with Gasteiger partial charge in [-0.2, -0.15) is 0 Å². The Hall–Kier alpha value is -1.60. The number of unbranched alkanes of at least 4 members (excludes halogenated alkanes) is 7. The van der Waals surface area contributed by atoms with Crippen LogP contribution in [0.1, 0.15) is 82.8 Å². The highest BCUT2D eigenvalue weighted by Crippen LogP contribution is 2.14. The van der Waals surface area contributed by atoms with Crippen molar-refractivity contribution in [1.82, 2.24) is 4.90 Å². The molecule has 0 saturated heterocycles. The molecule has 0 aliphatic rings. The lowest BCUT2D eigenvalue weighted by molar-refractivity contribution is 0.250. The normalized spacial score (nSPS) is 11.4. The molecule has 0 heterocycles. The Morgan fingerprint density at radius 1 is 0.571 bits per heavy atom. The van der Waals surface area contributed by atoms with Crippen LogP contribution in [-0.4, -0.2) is 11.4 Å². The molecule has 0 saturated carbocycles. The molecule has 0 N–H and O–H groups in total. The highest BCUT2D eigenvalue weighted by atomic mass is 15.1. The predicted octanol–water partition coefficient (Wildman–Crippen LogP) is 7.86. The summed E-state index contributed by atoms with van der Waals surface area (Å²) in [6, 6.07) is 21.8. The number of hydrogen-bond donors (Lipinski definition) is 0. The van der Waals surface area contributed by atoms with E-state index in [0.29, 0.717) is 0 Å². The van der Waals surface area contributed by atoms with Gasteiger partial charge in [0.25, 0.3) is 0 Å². The van der Waals surface area contributed by atoms with Crippen LogP contribution in [0.5, 0.6) is 0 Å². The molecule has 2 aromatic rings. The van der Waals surface area contributed by atoms with Crippen LogP contribution < -0.4 is 0 Å². The number of hydrogen-bond acceptors (Lipinski definition) is 1. The van der Waals surface area contributed by atoms with E-state index < -0.39 is 0 Å². The van der Waals surface area contributed by atoms with E-state index in [9.17, 15) is 0 Å². The lowest BCUT2D eigenvalue weighted by atomic mass is 10.0. The van der Waals surface area contributed by atoms with Crippen molar-refractivity contribution >= 4 is 0 Å². The van der Waals surface area contributed by atoms with Crippen LogP contribution in [0.25, 0.3) is 0 Å². The standard InChI is InChI=1S/C27H41N/c1-25(2)17-11-7-5-3-4-6-8-16-22-28(23-26-18-12-9-13-19-26)24-27-20-14-10-15-21-27/h9-10,12-15,18-21,25H,3-8,11,16-17,22-24H2,1-2H3. The fourth-order valence-corrected chi connectivity index (χ4v) is 3.85. The highest BCUT2D eigenvalue weighted by Gasteiger charge is 2.07. The minimum atomic E-state index is 0.870. The van der Waals surface area contributed by atoms with Gasteiger partial charge in [-0.05, 0) is 30.0 Å². The quantitative estimate of drug-likeness (QED) is 0.285. The Balaban J connectivity index is 1.63. The van der Waals surface area contributed by atoms with E-state index in [-0.39, 0.29) is 0 Å². The first-order valence-electron chi connectivity index (χ1n) is 11.5. The van der Waals surface area contributed by atoms with E-state index >= 15 is 0 Å². The van der Waals surface area contributed by atoms with Crippen molar-refractivity contribution in [2.45, 2.75) is 84.7 Å². The summed E-state index contributed by atoms with van der Waals surface area (Å²) in [6.45, 7) is 7.95. The summed E-state index contributed by atoms with van der Waals surface area (Å²) in [7, 11) is 0. The van der Waals surface area contributed by atoms with Crippen molar-refractivity contribution in [3.05, 3.63) is 71.8 Å². The van der Waals surface area contributed by atoms with Crippen molar-refractivity contribution in [3.8, 4) is 0 Å². The summed E-state index contributed by atoms with van der Waals surface area (Å²) >= 11 is 0. The van der Waals surface area contributed by atoms with Crippen molar-refractivity contribution in [3.63, 3.8) is 0 Å². The third kappa shape index (κ3) is 10.7. The maximum Gasteiger partial charge on any atom is 0.0237 e. The summed E-state index contributed by atoms with van der Waals surface area (Å²) in [5.41, 5.74) is 2.83. The minimum absolute atomic E-state index is 0.870. The number of benzene rings is 2. The zero-order valence-corrected chi connectivity index (χ0v) is 18.3. The molecule has 2 rings (SSSR count). The maximum absolute atomic E-state index is 2.61. The molecule has 0 aromatic heterocycles. The van der Waals surface area contributed by atoms with Crippen LogP contribution in [0.4, 0.5) is 0 Å². The Kier molecular flexibility index (Phi) is 11.7. The van der Waals surface area contributed by atoms with Crippen molar-refractivity contribution in [1.29, 1.82) is 0 Å². The molecule has 0 radical (unpaired) electrons. The van der Waals surface area contributed by atoms with Gasteiger partial charge in [0.15, 0.2) is 0 Å². The SMILES string of the molecule is CC(C)CCCCCCCCCCN(Cc1ccccc1)Cc1ccccc1. The maximum atomic E-state index is 2.61. The Bertz CT molecular complexity index is 549. The zero-order chi connectivity index (χ0) is 19.9. The predicted molar refractivity (Wildman–Crippen MR) is 123 cm³/mol. The molecular weight excluding hydrogens is 338 g/mol. The molecule has 0 aliphatic carbocycles. The average molecular weight is 380 g/mol. The molecule has 0 bridgehead atoms. The summed E-state index contributed by atoms with van der Waals surface area (Å²) in [4.78, 5) is 2.61. The van der Waals surface area contributed by atoms with Gasteiger partial charge in [-0.1, -0.05) is 126 Å². The van der Waals surface area contributed by atoms with Crippen molar-refractivity contribution < 1.29 is 0 Å². The van der Waals surface area contributed by atoms with Gasteiger partial charge in [-0.3, -0.25) is 4.90 Å². The van der Waals surface area contributed by atoms with Crippen LogP contribution in [0.2, 0.25) is 0 Å². The van der Waals surface area contributed by atoms with Gasteiger partial charge in [-0.25, -0.2) is 0 Å². The molecule has 0 amide bonds. The van der Waals surface area contributed by atoms with Crippen LogP contribution >= 0.6 is 0 Å².